The van der Waals surface area contributed by atoms with E-state index in [0.717, 1.165) is 26.1 Å². The van der Waals surface area contributed by atoms with Gasteiger partial charge in [-0.2, -0.15) is 0 Å². The van der Waals surface area contributed by atoms with Gasteiger partial charge in [-0.25, -0.2) is 0 Å². The molecule has 102 valence electrons. The minimum Gasteiger partial charge on any atom is -0.377 e. The first-order valence-corrected chi connectivity index (χ1v) is 6.95. The molecule has 0 fully saturated rings. The first-order valence-electron chi connectivity index (χ1n) is 6.95. The molecule has 0 aliphatic heterocycles. The Kier molecular flexibility index (Phi) is 7.70. The minimum absolute atomic E-state index is 0.711. The molecule has 0 heterocycles. The van der Waals surface area contributed by atoms with Crippen LogP contribution in [0.25, 0.3) is 0 Å². The highest BCUT2D eigenvalue weighted by atomic mass is 16.5. The van der Waals surface area contributed by atoms with Crippen LogP contribution in [-0.4, -0.2) is 13.2 Å². The Labute approximate surface area is 111 Å². The van der Waals surface area contributed by atoms with Gasteiger partial charge in [-0.3, -0.25) is 0 Å². The summed E-state index contributed by atoms with van der Waals surface area (Å²) in [6.07, 6.45) is 2.20. The van der Waals surface area contributed by atoms with E-state index in [0.29, 0.717) is 19.1 Å². The predicted octanol–water partition coefficient (Wildman–Crippen LogP) is 4.18. The molecule has 0 bridgehead atoms. The van der Waals surface area contributed by atoms with Gasteiger partial charge in [-0.1, -0.05) is 45.0 Å². The summed E-state index contributed by atoms with van der Waals surface area (Å²) >= 11 is 0. The van der Waals surface area contributed by atoms with Gasteiger partial charge >= 0.3 is 0 Å². The van der Waals surface area contributed by atoms with Crippen LogP contribution in [0, 0.1) is 5.92 Å². The fraction of sp³-hybridized carbons (Fsp3) is 0.625. The number of hydrogen-bond acceptors (Lipinski definition) is 2. The molecule has 1 rings (SSSR count). The average Bonchev–Trinajstić information content (AvgIpc) is 2.36. The molecule has 0 aliphatic rings. The highest BCUT2D eigenvalue weighted by molar-refractivity contribution is 5.21. The molecule has 0 spiro atoms. The van der Waals surface area contributed by atoms with Crippen molar-refractivity contribution in [3.05, 3.63) is 35.4 Å². The van der Waals surface area contributed by atoms with Gasteiger partial charge in [0.05, 0.1) is 13.2 Å². The van der Waals surface area contributed by atoms with Crippen molar-refractivity contribution in [1.29, 1.82) is 0 Å². The van der Waals surface area contributed by atoms with Crippen molar-refractivity contribution in [2.45, 2.75) is 46.8 Å². The van der Waals surface area contributed by atoms with Crippen molar-refractivity contribution in [2.24, 2.45) is 5.92 Å². The van der Waals surface area contributed by atoms with E-state index in [-0.39, 0.29) is 0 Å². The lowest BCUT2D eigenvalue weighted by atomic mass is 10.1. The molecule has 0 saturated carbocycles. The van der Waals surface area contributed by atoms with Gasteiger partial charge in [-0.15, -0.1) is 0 Å². The van der Waals surface area contributed by atoms with Gasteiger partial charge in [0.2, 0.25) is 0 Å². The molecule has 2 nitrogen and oxygen atoms in total. The molecule has 1 aromatic rings. The molecule has 0 saturated heterocycles. The molecule has 18 heavy (non-hydrogen) atoms. The summed E-state index contributed by atoms with van der Waals surface area (Å²) in [5.41, 5.74) is 2.47. The summed E-state index contributed by atoms with van der Waals surface area (Å²) in [6.45, 7) is 9.66. The molecular weight excluding hydrogens is 224 g/mol. The van der Waals surface area contributed by atoms with E-state index in [1.165, 1.54) is 11.1 Å². The molecule has 0 amide bonds. The van der Waals surface area contributed by atoms with E-state index in [1.807, 2.05) is 0 Å². The third-order valence-electron chi connectivity index (χ3n) is 2.75. The Morgan fingerprint density at radius 1 is 0.889 bits per heavy atom. The maximum atomic E-state index is 5.64. The average molecular weight is 250 g/mol. The molecule has 0 aromatic heterocycles. The van der Waals surface area contributed by atoms with Gasteiger partial charge in [-0.05, 0) is 29.9 Å². The molecular formula is C16H26O2. The Morgan fingerprint density at radius 3 is 1.83 bits per heavy atom. The van der Waals surface area contributed by atoms with Crippen LogP contribution < -0.4 is 0 Å². The largest absolute Gasteiger partial charge is 0.377 e. The summed E-state index contributed by atoms with van der Waals surface area (Å²) < 4.78 is 11.1. The van der Waals surface area contributed by atoms with E-state index in [2.05, 4.69) is 45.0 Å². The quantitative estimate of drug-likeness (QED) is 0.612. The third-order valence-corrected chi connectivity index (χ3v) is 2.75. The van der Waals surface area contributed by atoms with Crippen molar-refractivity contribution in [2.75, 3.05) is 13.2 Å². The van der Waals surface area contributed by atoms with E-state index < -0.39 is 0 Å². The second kappa shape index (κ2) is 9.12. The predicted molar refractivity (Wildman–Crippen MR) is 75.5 cm³/mol. The monoisotopic (exact) mass is 250 g/mol. The number of rotatable bonds is 9. The van der Waals surface area contributed by atoms with Gasteiger partial charge < -0.3 is 9.47 Å². The van der Waals surface area contributed by atoms with Crippen molar-refractivity contribution < 1.29 is 9.47 Å². The van der Waals surface area contributed by atoms with Gasteiger partial charge in [0.25, 0.3) is 0 Å². The van der Waals surface area contributed by atoms with Crippen LogP contribution in [0.1, 0.15) is 44.7 Å². The Balaban J connectivity index is 2.23. The molecule has 0 atom stereocenters. The lowest BCUT2D eigenvalue weighted by Crippen LogP contribution is -1.99. The lowest BCUT2D eigenvalue weighted by molar-refractivity contribution is 0.110. The highest BCUT2D eigenvalue weighted by Crippen LogP contribution is 2.08. The van der Waals surface area contributed by atoms with E-state index >= 15 is 0 Å². The maximum absolute atomic E-state index is 5.64. The fourth-order valence-corrected chi connectivity index (χ4v) is 1.58. The summed E-state index contributed by atoms with van der Waals surface area (Å²) in [5, 5.41) is 0. The summed E-state index contributed by atoms with van der Waals surface area (Å²) in [7, 11) is 0. The SMILES string of the molecule is CCCOCc1ccc(COCCC(C)C)cc1. The van der Waals surface area contributed by atoms with Crippen LogP contribution in [0.15, 0.2) is 24.3 Å². The topological polar surface area (TPSA) is 18.5 Å². The van der Waals surface area contributed by atoms with Gasteiger partial charge in [0, 0.05) is 13.2 Å². The zero-order chi connectivity index (χ0) is 13.2. The molecule has 0 unspecified atom stereocenters. The minimum atomic E-state index is 0.711. The van der Waals surface area contributed by atoms with Crippen molar-refractivity contribution in [3.8, 4) is 0 Å². The summed E-state index contributed by atoms with van der Waals surface area (Å²) in [5.74, 6) is 0.711. The second-order valence-electron chi connectivity index (χ2n) is 5.10. The fourth-order valence-electron chi connectivity index (χ4n) is 1.58. The number of hydrogen-bond donors (Lipinski definition) is 0. The lowest BCUT2D eigenvalue weighted by Gasteiger charge is -2.07. The maximum Gasteiger partial charge on any atom is 0.0716 e. The van der Waals surface area contributed by atoms with Crippen LogP contribution in [0.4, 0.5) is 0 Å². The van der Waals surface area contributed by atoms with E-state index in [4.69, 9.17) is 9.47 Å². The second-order valence-corrected chi connectivity index (χ2v) is 5.10. The zero-order valence-corrected chi connectivity index (χ0v) is 11.9. The van der Waals surface area contributed by atoms with Crippen molar-refractivity contribution >= 4 is 0 Å². The van der Waals surface area contributed by atoms with Gasteiger partial charge in [0.15, 0.2) is 0 Å². The van der Waals surface area contributed by atoms with Crippen LogP contribution >= 0.6 is 0 Å². The van der Waals surface area contributed by atoms with E-state index in [9.17, 15) is 0 Å². The zero-order valence-electron chi connectivity index (χ0n) is 11.9. The standard InChI is InChI=1S/C16H26O2/c1-4-10-17-12-15-5-7-16(8-6-15)13-18-11-9-14(2)3/h5-8,14H,4,9-13H2,1-3H3. The smallest absolute Gasteiger partial charge is 0.0716 e. The number of benzene rings is 1. The normalized spacial score (nSPS) is 11.1. The summed E-state index contributed by atoms with van der Waals surface area (Å²) in [4.78, 5) is 0. The summed E-state index contributed by atoms with van der Waals surface area (Å²) in [6, 6.07) is 8.49. The first kappa shape index (κ1) is 15.2. The van der Waals surface area contributed by atoms with Crippen LogP contribution in [0.2, 0.25) is 0 Å². The molecule has 0 radical (unpaired) electrons. The Bertz CT molecular complexity index is 303. The Morgan fingerprint density at radius 2 is 1.39 bits per heavy atom. The molecule has 2 heteroatoms. The van der Waals surface area contributed by atoms with Crippen molar-refractivity contribution in [3.63, 3.8) is 0 Å². The van der Waals surface area contributed by atoms with Gasteiger partial charge in [0.1, 0.15) is 0 Å². The first-order chi connectivity index (χ1) is 8.72. The molecule has 0 aliphatic carbocycles. The Hall–Kier alpha value is -0.860. The molecule has 1 aromatic carbocycles. The van der Waals surface area contributed by atoms with Crippen LogP contribution in [-0.2, 0) is 22.7 Å². The third kappa shape index (κ3) is 6.77. The van der Waals surface area contributed by atoms with E-state index in [1.54, 1.807) is 0 Å². The number of ether oxygens (including phenoxy) is 2. The van der Waals surface area contributed by atoms with Crippen molar-refractivity contribution in [1.82, 2.24) is 0 Å². The highest BCUT2D eigenvalue weighted by Gasteiger charge is 1.97. The molecule has 0 N–H and O–H groups in total. The van der Waals surface area contributed by atoms with Crippen LogP contribution in [0.3, 0.4) is 0 Å². The van der Waals surface area contributed by atoms with Crippen LogP contribution in [0.5, 0.6) is 0 Å².